The molecule has 0 saturated carbocycles. The maximum atomic E-state index is 12.5. The Morgan fingerprint density at radius 3 is 2.89 bits per heavy atom. The Balaban J connectivity index is 1.36. The lowest BCUT2D eigenvalue weighted by atomic mass is 10.1. The van der Waals surface area contributed by atoms with E-state index in [1.165, 1.54) is 40.3 Å². The molecule has 1 aliphatic rings. The van der Waals surface area contributed by atoms with Crippen molar-refractivity contribution in [2.24, 2.45) is 0 Å². The molecule has 1 amide bonds. The molecular formula is C22H20N4OS. The van der Waals surface area contributed by atoms with Gasteiger partial charge in [0, 0.05) is 11.1 Å². The highest BCUT2D eigenvalue weighted by molar-refractivity contribution is 7.99. The first-order valence-electron chi connectivity index (χ1n) is 9.47. The van der Waals surface area contributed by atoms with Crippen LogP contribution in [0.4, 0.5) is 5.69 Å². The third kappa shape index (κ3) is 3.03. The minimum atomic E-state index is -0.0314. The number of carbonyl (C=O) groups is 1. The molecule has 1 N–H and O–H groups in total. The van der Waals surface area contributed by atoms with E-state index in [-0.39, 0.29) is 5.91 Å². The molecule has 0 bridgehead atoms. The van der Waals surface area contributed by atoms with Crippen LogP contribution in [-0.4, -0.2) is 26.3 Å². The molecule has 140 valence electrons. The number of para-hydroxylation sites is 1. The first kappa shape index (κ1) is 17.3. The summed E-state index contributed by atoms with van der Waals surface area (Å²) >= 11 is 1.41. The Labute approximate surface area is 167 Å². The number of amides is 1. The molecule has 0 fully saturated rings. The lowest BCUT2D eigenvalue weighted by molar-refractivity contribution is -0.113. The first-order valence-corrected chi connectivity index (χ1v) is 10.5. The van der Waals surface area contributed by atoms with E-state index in [9.17, 15) is 4.79 Å². The van der Waals surface area contributed by atoms with E-state index in [0.717, 1.165) is 34.8 Å². The normalized spacial score (nSPS) is 13.2. The number of rotatable bonds is 4. The number of thioether (sulfide) groups is 1. The number of carbonyl (C=O) groups excluding carboxylic acids is 1. The second-order valence-electron chi connectivity index (χ2n) is 7.19. The van der Waals surface area contributed by atoms with Crippen molar-refractivity contribution in [3.63, 3.8) is 0 Å². The zero-order chi connectivity index (χ0) is 19.1. The number of hydrogen-bond acceptors (Lipinski definition) is 4. The molecule has 0 unspecified atom stereocenters. The van der Waals surface area contributed by atoms with E-state index in [0.29, 0.717) is 5.75 Å². The SMILES string of the molecule is Cc1cc2nnc(SCC(=O)Nc3ccc4c(c3)CCC4)n2c2ccccc12. The highest BCUT2D eigenvalue weighted by Gasteiger charge is 2.14. The lowest BCUT2D eigenvalue weighted by Crippen LogP contribution is -2.14. The average Bonchev–Trinajstić information content (AvgIpc) is 3.33. The summed E-state index contributed by atoms with van der Waals surface area (Å²) in [7, 11) is 0. The minimum absolute atomic E-state index is 0.0314. The van der Waals surface area contributed by atoms with Crippen LogP contribution in [0.3, 0.4) is 0 Å². The van der Waals surface area contributed by atoms with Gasteiger partial charge in [0.2, 0.25) is 5.91 Å². The molecule has 2 aromatic carbocycles. The van der Waals surface area contributed by atoms with Crippen LogP contribution >= 0.6 is 11.8 Å². The number of nitrogens with zero attached hydrogens (tertiary/aromatic N) is 3. The number of pyridine rings is 1. The van der Waals surface area contributed by atoms with Crippen molar-refractivity contribution in [2.45, 2.75) is 31.3 Å². The number of benzene rings is 2. The molecule has 5 rings (SSSR count). The lowest BCUT2D eigenvalue weighted by Gasteiger charge is -2.08. The molecule has 0 atom stereocenters. The van der Waals surface area contributed by atoms with Crippen molar-refractivity contribution in [1.29, 1.82) is 0 Å². The topological polar surface area (TPSA) is 59.3 Å². The fourth-order valence-electron chi connectivity index (χ4n) is 3.94. The Bertz CT molecular complexity index is 1210. The number of anilines is 1. The molecule has 2 heterocycles. The van der Waals surface area contributed by atoms with Gasteiger partial charge in [-0.25, -0.2) is 0 Å². The van der Waals surface area contributed by atoms with E-state index in [4.69, 9.17) is 0 Å². The van der Waals surface area contributed by atoms with Gasteiger partial charge in [0.15, 0.2) is 10.8 Å². The second kappa shape index (κ2) is 6.95. The molecule has 1 aliphatic carbocycles. The van der Waals surface area contributed by atoms with Crippen molar-refractivity contribution in [2.75, 3.05) is 11.1 Å². The zero-order valence-corrected chi connectivity index (χ0v) is 16.4. The van der Waals surface area contributed by atoms with Crippen molar-refractivity contribution in [1.82, 2.24) is 14.6 Å². The number of nitrogens with one attached hydrogen (secondary N) is 1. The number of aryl methyl sites for hydroxylation is 3. The van der Waals surface area contributed by atoms with E-state index in [2.05, 4.69) is 46.7 Å². The van der Waals surface area contributed by atoms with Gasteiger partial charge in [-0.2, -0.15) is 0 Å². The van der Waals surface area contributed by atoms with Gasteiger partial charge in [-0.05, 0) is 67.1 Å². The number of hydrogen-bond donors (Lipinski definition) is 1. The minimum Gasteiger partial charge on any atom is -0.325 e. The number of aromatic nitrogens is 3. The molecule has 0 spiro atoms. The summed E-state index contributed by atoms with van der Waals surface area (Å²) < 4.78 is 2.02. The molecule has 4 aromatic rings. The van der Waals surface area contributed by atoms with Gasteiger partial charge in [0.05, 0.1) is 11.3 Å². The van der Waals surface area contributed by atoms with Crippen molar-refractivity contribution < 1.29 is 4.79 Å². The summed E-state index contributed by atoms with van der Waals surface area (Å²) in [6.45, 7) is 2.08. The van der Waals surface area contributed by atoms with E-state index >= 15 is 0 Å². The Morgan fingerprint density at radius 2 is 1.96 bits per heavy atom. The van der Waals surface area contributed by atoms with Gasteiger partial charge in [-0.15, -0.1) is 10.2 Å². The summed E-state index contributed by atoms with van der Waals surface area (Å²) in [6.07, 6.45) is 3.45. The molecular weight excluding hydrogens is 368 g/mol. The second-order valence-corrected chi connectivity index (χ2v) is 8.14. The molecule has 0 saturated heterocycles. The maximum absolute atomic E-state index is 12.5. The molecule has 0 aliphatic heterocycles. The molecule has 5 nitrogen and oxygen atoms in total. The smallest absolute Gasteiger partial charge is 0.234 e. The van der Waals surface area contributed by atoms with Gasteiger partial charge >= 0.3 is 0 Å². The predicted octanol–water partition coefficient (Wildman–Crippen LogP) is 4.41. The van der Waals surface area contributed by atoms with E-state index in [1.807, 2.05) is 28.7 Å². The van der Waals surface area contributed by atoms with Gasteiger partial charge in [-0.3, -0.25) is 9.20 Å². The van der Waals surface area contributed by atoms with Crippen LogP contribution in [0, 0.1) is 6.92 Å². The monoisotopic (exact) mass is 388 g/mol. The van der Waals surface area contributed by atoms with Gasteiger partial charge in [0.25, 0.3) is 0 Å². The first-order chi connectivity index (χ1) is 13.7. The number of fused-ring (bicyclic) bond motifs is 4. The molecule has 2 aromatic heterocycles. The molecule has 28 heavy (non-hydrogen) atoms. The standard InChI is InChI=1S/C22H20N4OS/c1-14-11-20-24-25-22(26(20)19-8-3-2-7-18(14)19)28-13-21(27)23-17-10-9-15-5-4-6-16(15)12-17/h2-3,7-12H,4-6,13H2,1H3,(H,23,27). The zero-order valence-electron chi connectivity index (χ0n) is 15.6. The van der Waals surface area contributed by atoms with Crippen LogP contribution in [0.25, 0.3) is 16.6 Å². The quantitative estimate of drug-likeness (QED) is 0.526. The van der Waals surface area contributed by atoms with Crippen LogP contribution in [0.2, 0.25) is 0 Å². The van der Waals surface area contributed by atoms with Crippen molar-refractivity contribution >= 4 is 39.9 Å². The average molecular weight is 388 g/mol. The Hall–Kier alpha value is -2.86. The molecule has 6 heteroatoms. The van der Waals surface area contributed by atoms with Crippen LogP contribution < -0.4 is 5.32 Å². The van der Waals surface area contributed by atoms with Crippen LogP contribution in [0.5, 0.6) is 0 Å². The summed E-state index contributed by atoms with van der Waals surface area (Å²) in [5.74, 6) is 0.260. The van der Waals surface area contributed by atoms with Crippen LogP contribution in [0.15, 0.2) is 53.7 Å². The fraction of sp³-hybridized carbons (Fsp3) is 0.227. The fourth-order valence-corrected chi connectivity index (χ4v) is 4.70. The third-order valence-electron chi connectivity index (χ3n) is 5.29. The highest BCUT2D eigenvalue weighted by Crippen LogP contribution is 2.27. The van der Waals surface area contributed by atoms with Crippen LogP contribution in [0.1, 0.15) is 23.1 Å². The van der Waals surface area contributed by atoms with Gasteiger partial charge < -0.3 is 5.32 Å². The summed E-state index contributed by atoms with van der Waals surface area (Å²) in [5.41, 5.74) is 6.67. The van der Waals surface area contributed by atoms with Crippen molar-refractivity contribution in [3.8, 4) is 0 Å². The Kier molecular flexibility index (Phi) is 4.28. The van der Waals surface area contributed by atoms with Crippen LogP contribution in [-0.2, 0) is 17.6 Å². The molecule has 0 radical (unpaired) electrons. The van der Waals surface area contributed by atoms with Crippen molar-refractivity contribution in [3.05, 3.63) is 65.2 Å². The third-order valence-corrected chi connectivity index (χ3v) is 6.22. The van der Waals surface area contributed by atoms with Gasteiger partial charge in [0.1, 0.15) is 0 Å². The van der Waals surface area contributed by atoms with E-state index < -0.39 is 0 Å². The largest absolute Gasteiger partial charge is 0.325 e. The summed E-state index contributed by atoms with van der Waals surface area (Å²) in [4.78, 5) is 12.5. The predicted molar refractivity (Wildman–Crippen MR) is 113 cm³/mol. The Morgan fingerprint density at radius 1 is 1.11 bits per heavy atom. The van der Waals surface area contributed by atoms with Gasteiger partial charge in [-0.1, -0.05) is 36.0 Å². The van der Waals surface area contributed by atoms with E-state index in [1.54, 1.807) is 0 Å². The highest BCUT2D eigenvalue weighted by atomic mass is 32.2. The summed E-state index contributed by atoms with van der Waals surface area (Å²) in [5, 5.41) is 13.5. The summed E-state index contributed by atoms with van der Waals surface area (Å²) in [6, 6.07) is 16.5. The maximum Gasteiger partial charge on any atom is 0.234 e.